The minimum absolute atomic E-state index is 0.0741. The molecule has 190 valence electrons. The third-order valence-electron chi connectivity index (χ3n) is 5.93. The van der Waals surface area contributed by atoms with Crippen molar-refractivity contribution < 1.29 is 32.4 Å². The summed E-state index contributed by atoms with van der Waals surface area (Å²) in [5.74, 6) is -1.57. The van der Waals surface area contributed by atoms with E-state index in [2.05, 4.69) is 10.8 Å². The van der Waals surface area contributed by atoms with Gasteiger partial charge in [-0.2, -0.15) is 0 Å². The van der Waals surface area contributed by atoms with Crippen molar-refractivity contribution in [3.63, 3.8) is 0 Å². The van der Waals surface area contributed by atoms with Crippen LogP contribution in [0.25, 0.3) is 0 Å². The van der Waals surface area contributed by atoms with Crippen molar-refractivity contribution in [2.24, 2.45) is 5.92 Å². The van der Waals surface area contributed by atoms with Gasteiger partial charge in [-0.25, -0.2) is 13.2 Å². The Kier molecular flexibility index (Phi) is 9.02. The van der Waals surface area contributed by atoms with Crippen LogP contribution in [0.4, 0.5) is 5.69 Å². The minimum atomic E-state index is -4.23. The van der Waals surface area contributed by atoms with E-state index >= 15 is 0 Å². The topological polar surface area (TPSA) is 142 Å². The van der Waals surface area contributed by atoms with Gasteiger partial charge < -0.3 is 9.47 Å². The Labute approximate surface area is 204 Å². The molecule has 1 aromatic rings. The predicted molar refractivity (Wildman–Crippen MR) is 127 cm³/mol. The zero-order chi connectivity index (χ0) is 25.4. The quantitative estimate of drug-likeness (QED) is 0.164. The minimum Gasteiger partial charge on any atom is -0.462 e. The highest BCUT2D eigenvalue weighted by molar-refractivity contribution is 7.89. The average Bonchev–Trinajstić information content (AvgIpc) is 2.84. The molecule has 1 N–H and O–H groups in total. The smallest absolute Gasteiger partial charge is 0.339 e. The second-order valence-corrected chi connectivity index (χ2v) is 10.2. The van der Waals surface area contributed by atoms with Gasteiger partial charge in [-0.15, -0.1) is 0 Å². The first kappa shape index (κ1) is 26.4. The highest BCUT2D eigenvalue weighted by Gasteiger charge is 2.30. The van der Waals surface area contributed by atoms with E-state index < -0.39 is 37.1 Å². The number of nitro groups is 1. The van der Waals surface area contributed by atoms with Gasteiger partial charge in [-0.3, -0.25) is 19.6 Å². The molecule has 0 amide bonds. The summed E-state index contributed by atoms with van der Waals surface area (Å²) in [5.41, 5.74) is -0.432. The maximum atomic E-state index is 13.1. The van der Waals surface area contributed by atoms with Crippen molar-refractivity contribution in [3.8, 4) is 0 Å². The largest absolute Gasteiger partial charge is 0.462 e. The second-order valence-electron chi connectivity index (χ2n) is 8.58. The van der Waals surface area contributed by atoms with Crippen LogP contribution in [0.2, 0.25) is 0 Å². The Morgan fingerprint density at radius 1 is 1.20 bits per heavy atom. The van der Waals surface area contributed by atoms with Crippen LogP contribution in [-0.2, 0) is 24.3 Å². The first-order valence-electron chi connectivity index (χ1n) is 11.7. The van der Waals surface area contributed by atoms with E-state index in [0.717, 1.165) is 37.5 Å². The Morgan fingerprint density at radius 3 is 2.63 bits per heavy atom. The van der Waals surface area contributed by atoms with Crippen LogP contribution in [0.5, 0.6) is 0 Å². The number of hydrogen-bond acceptors (Lipinski definition) is 8. The molecule has 0 saturated heterocycles. The van der Waals surface area contributed by atoms with Gasteiger partial charge in [0.2, 0.25) is 0 Å². The standard InChI is InChI=1S/C24H30N2O8S/c1-2-3-15-33-24(28)21-16-19(26(29)30)13-14-22(21)35(31,32)25-18-11-9-17(10-12-18)23(27)34-20-7-5-4-6-8-20/h4-5,11,13-14,16-17,20,25H,2-3,6-10,12,15H2,1H3. The van der Waals surface area contributed by atoms with E-state index in [-0.39, 0.29) is 24.6 Å². The number of carbonyl (C=O) groups is 2. The predicted octanol–water partition coefficient (Wildman–Crippen LogP) is 4.17. The van der Waals surface area contributed by atoms with Crippen molar-refractivity contribution in [1.29, 1.82) is 0 Å². The van der Waals surface area contributed by atoms with Gasteiger partial charge in [0.25, 0.3) is 15.7 Å². The number of allylic oxidation sites excluding steroid dienone is 3. The van der Waals surface area contributed by atoms with E-state index in [0.29, 0.717) is 37.8 Å². The molecule has 2 atom stereocenters. The number of nitrogens with one attached hydrogen (secondary N) is 1. The molecule has 1 aromatic carbocycles. The highest BCUT2D eigenvalue weighted by atomic mass is 32.2. The molecule has 0 aliphatic heterocycles. The summed E-state index contributed by atoms with van der Waals surface area (Å²) in [6.07, 6.45) is 10.4. The summed E-state index contributed by atoms with van der Waals surface area (Å²) in [4.78, 5) is 35.1. The van der Waals surface area contributed by atoms with Crippen LogP contribution >= 0.6 is 0 Å². The molecule has 10 nitrogen and oxygen atoms in total. The number of carbonyl (C=O) groups excluding carboxylic acids is 2. The zero-order valence-electron chi connectivity index (χ0n) is 19.6. The van der Waals surface area contributed by atoms with Crippen molar-refractivity contribution in [3.05, 3.63) is 57.8 Å². The van der Waals surface area contributed by atoms with Gasteiger partial charge in [0.1, 0.15) is 11.0 Å². The number of sulfonamides is 1. The van der Waals surface area contributed by atoms with Crippen LogP contribution in [0.15, 0.2) is 47.0 Å². The number of ether oxygens (including phenoxy) is 2. The molecule has 2 aliphatic rings. The van der Waals surface area contributed by atoms with Crippen molar-refractivity contribution >= 4 is 27.6 Å². The molecule has 2 aliphatic carbocycles. The van der Waals surface area contributed by atoms with E-state index in [1.165, 1.54) is 0 Å². The van der Waals surface area contributed by atoms with Crippen LogP contribution in [-0.4, -0.2) is 38.0 Å². The third-order valence-corrected chi connectivity index (χ3v) is 7.39. The third kappa shape index (κ3) is 7.14. The number of benzene rings is 1. The highest BCUT2D eigenvalue weighted by Crippen LogP contribution is 2.28. The fourth-order valence-corrected chi connectivity index (χ4v) is 5.23. The fraction of sp³-hybridized carbons (Fsp3) is 0.500. The van der Waals surface area contributed by atoms with Crippen LogP contribution < -0.4 is 4.72 Å². The number of non-ortho nitro benzene ring substituents is 1. The SMILES string of the molecule is CCCCOC(=O)c1cc([N+](=O)[O-])ccc1S(=O)(=O)NC1=CCC(C(=O)OC2CC=CCC2)CC1. The van der Waals surface area contributed by atoms with Crippen molar-refractivity contribution in [1.82, 2.24) is 4.72 Å². The van der Waals surface area contributed by atoms with Gasteiger partial charge >= 0.3 is 11.9 Å². The lowest BCUT2D eigenvalue weighted by molar-refractivity contribution is -0.384. The molecule has 0 saturated carbocycles. The maximum absolute atomic E-state index is 13.1. The molecular weight excluding hydrogens is 476 g/mol. The molecule has 2 unspecified atom stereocenters. The molecule has 0 radical (unpaired) electrons. The maximum Gasteiger partial charge on any atom is 0.339 e. The van der Waals surface area contributed by atoms with Gasteiger partial charge in [0.05, 0.1) is 23.0 Å². The second kappa shape index (κ2) is 12.0. The normalized spacial score (nSPS) is 20.0. The number of esters is 2. The number of unbranched alkanes of at least 4 members (excludes halogenated alkanes) is 1. The van der Waals surface area contributed by atoms with Gasteiger partial charge in [0, 0.05) is 24.3 Å². The summed E-state index contributed by atoms with van der Waals surface area (Å²) in [6.45, 7) is 1.97. The Hall–Kier alpha value is -3.21. The Balaban J connectivity index is 1.71. The number of rotatable bonds is 10. The van der Waals surface area contributed by atoms with Crippen molar-refractivity contribution in [2.45, 2.75) is 69.3 Å². The first-order valence-corrected chi connectivity index (χ1v) is 13.2. The van der Waals surface area contributed by atoms with Gasteiger partial charge in [-0.05, 0) is 44.6 Å². The van der Waals surface area contributed by atoms with Gasteiger partial charge in [-0.1, -0.05) is 31.6 Å². The molecular formula is C24H30N2O8S. The first-order chi connectivity index (χ1) is 16.7. The number of nitrogens with zero attached hydrogens (tertiary/aromatic N) is 1. The summed E-state index contributed by atoms with van der Waals surface area (Å²) in [5, 5.41) is 11.2. The molecule has 3 rings (SSSR count). The van der Waals surface area contributed by atoms with Crippen LogP contribution in [0.3, 0.4) is 0 Å². The van der Waals surface area contributed by atoms with Crippen LogP contribution in [0.1, 0.15) is 68.6 Å². The van der Waals surface area contributed by atoms with E-state index in [1.54, 1.807) is 6.08 Å². The fourth-order valence-electron chi connectivity index (χ4n) is 3.91. The summed E-state index contributed by atoms with van der Waals surface area (Å²) >= 11 is 0. The Morgan fingerprint density at radius 2 is 2.00 bits per heavy atom. The van der Waals surface area contributed by atoms with Crippen molar-refractivity contribution in [2.75, 3.05) is 6.61 Å². The lowest BCUT2D eigenvalue weighted by atomic mass is 9.92. The Bertz CT molecular complexity index is 1130. The van der Waals surface area contributed by atoms with Gasteiger partial charge in [0.15, 0.2) is 0 Å². The molecule has 35 heavy (non-hydrogen) atoms. The van der Waals surface area contributed by atoms with Crippen LogP contribution in [0, 0.1) is 16.0 Å². The molecule has 0 bridgehead atoms. The molecule has 0 fully saturated rings. The molecule has 0 heterocycles. The lowest BCUT2D eigenvalue weighted by Gasteiger charge is -2.25. The molecule has 0 spiro atoms. The van der Waals surface area contributed by atoms with E-state index in [1.807, 2.05) is 13.0 Å². The number of nitro benzene ring substituents is 1. The molecule has 11 heteroatoms. The molecule has 0 aromatic heterocycles. The number of hydrogen-bond donors (Lipinski definition) is 1. The monoisotopic (exact) mass is 506 g/mol. The summed E-state index contributed by atoms with van der Waals surface area (Å²) in [7, 11) is -4.23. The van der Waals surface area contributed by atoms with E-state index in [4.69, 9.17) is 9.47 Å². The lowest BCUT2D eigenvalue weighted by Crippen LogP contribution is -2.30. The van der Waals surface area contributed by atoms with E-state index in [9.17, 15) is 28.1 Å². The summed E-state index contributed by atoms with van der Waals surface area (Å²) < 4.78 is 39.3. The summed E-state index contributed by atoms with van der Waals surface area (Å²) in [6, 6.07) is 2.96. The average molecular weight is 507 g/mol. The zero-order valence-corrected chi connectivity index (χ0v) is 20.4.